The van der Waals surface area contributed by atoms with Gasteiger partial charge >= 0.3 is 0 Å². The number of benzene rings is 3. The standard InChI is InChI=1S/C24H23ClN2O3/c1-15-4-9-19(10-5-15)26-24(29)18-7-12-21(13-8-18)30-17(3)23(28)27-20-11-6-16(2)22(25)14-20/h4-14,17H,1-3H3,(H,26,29)(H,27,28). The summed E-state index contributed by atoms with van der Waals surface area (Å²) in [5, 5.41) is 6.21. The predicted molar refractivity (Wildman–Crippen MR) is 120 cm³/mol. The zero-order valence-electron chi connectivity index (χ0n) is 17.0. The SMILES string of the molecule is Cc1ccc(NC(=O)c2ccc(OC(C)C(=O)Nc3ccc(C)c(Cl)c3)cc2)cc1. The average Bonchev–Trinajstić information content (AvgIpc) is 2.73. The molecule has 3 aromatic rings. The molecule has 1 atom stereocenters. The molecule has 3 rings (SSSR count). The smallest absolute Gasteiger partial charge is 0.265 e. The van der Waals surface area contributed by atoms with E-state index in [1.807, 2.05) is 44.2 Å². The van der Waals surface area contributed by atoms with E-state index in [0.717, 1.165) is 16.8 Å². The summed E-state index contributed by atoms with van der Waals surface area (Å²) >= 11 is 6.09. The van der Waals surface area contributed by atoms with E-state index in [1.165, 1.54) is 0 Å². The summed E-state index contributed by atoms with van der Waals surface area (Å²) in [5.74, 6) is -0.0185. The highest BCUT2D eigenvalue weighted by molar-refractivity contribution is 6.31. The first-order chi connectivity index (χ1) is 14.3. The minimum Gasteiger partial charge on any atom is -0.481 e. The zero-order chi connectivity index (χ0) is 21.7. The third-order valence-electron chi connectivity index (χ3n) is 4.55. The molecule has 0 radical (unpaired) electrons. The molecule has 2 amide bonds. The van der Waals surface area contributed by atoms with Gasteiger partial charge in [0.25, 0.3) is 11.8 Å². The van der Waals surface area contributed by atoms with E-state index >= 15 is 0 Å². The van der Waals surface area contributed by atoms with Crippen LogP contribution in [-0.4, -0.2) is 17.9 Å². The highest BCUT2D eigenvalue weighted by atomic mass is 35.5. The number of ether oxygens (including phenoxy) is 1. The number of carbonyl (C=O) groups excluding carboxylic acids is 2. The van der Waals surface area contributed by atoms with Crippen LogP contribution in [0, 0.1) is 13.8 Å². The Bertz CT molecular complexity index is 1050. The molecule has 0 aliphatic rings. The summed E-state index contributed by atoms with van der Waals surface area (Å²) in [6.45, 7) is 5.54. The second-order valence-corrected chi connectivity index (χ2v) is 7.47. The third-order valence-corrected chi connectivity index (χ3v) is 4.95. The molecule has 30 heavy (non-hydrogen) atoms. The fourth-order valence-electron chi connectivity index (χ4n) is 2.70. The van der Waals surface area contributed by atoms with Crippen LogP contribution < -0.4 is 15.4 Å². The summed E-state index contributed by atoms with van der Waals surface area (Å²) in [6, 6.07) is 19.5. The molecule has 5 nitrogen and oxygen atoms in total. The number of anilines is 2. The van der Waals surface area contributed by atoms with E-state index in [0.29, 0.717) is 22.0 Å². The van der Waals surface area contributed by atoms with Gasteiger partial charge in [-0.1, -0.05) is 35.4 Å². The van der Waals surface area contributed by atoms with Gasteiger partial charge in [0, 0.05) is 22.0 Å². The number of nitrogens with one attached hydrogen (secondary N) is 2. The highest BCUT2D eigenvalue weighted by Gasteiger charge is 2.16. The van der Waals surface area contributed by atoms with Gasteiger partial charge in [0.05, 0.1) is 0 Å². The number of aryl methyl sites for hydroxylation is 2. The highest BCUT2D eigenvalue weighted by Crippen LogP contribution is 2.21. The summed E-state index contributed by atoms with van der Waals surface area (Å²) in [6.07, 6.45) is -0.725. The molecule has 6 heteroatoms. The van der Waals surface area contributed by atoms with Crippen molar-refractivity contribution < 1.29 is 14.3 Å². The Labute approximate surface area is 181 Å². The first-order valence-electron chi connectivity index (χ1n) is 9.53. The number of halogens is 1. The van der Waals surface area contributed by atoms with E-state index in [4.69, 9.17) is 16.3 Å². The molecule has 0 aliphatic heterocycles. The zero-order valence-corrected chi connectivity index (χ0v) is 17.8. The monoisotopic (exact) mass is 422 g/mol. The molecule has 0 bridgehead atoms. The van der Waals surface area contributed by atoms with Crippen LogP contribution in [-0.2, 0) is 4.79 Å². The first kappa shape index (κ1) is 21.4. The van der Waals surface area contributed by atoms with Crippen LogP contribution in [0.2, 0.25) is 5.02 Å². The Morgan fingerprint density at radius 1 is 0.867 bits per heavy atom. The van der Waals surface area contributed by atoms with Crippen molar-refractivity contribution in [3.8, 4) is 5.75 Å². The van der Waals surface area contributed by atoms with E-state index in [-0.39, 0.29) is 11.8 Å². The van der Waals surface area contributed by atoms with Crippen LogP contribution in [0.1, 0.15) is 28.4 Å². The molecule has 0 fully saturated rings. The summed E-state index contributed by atoms with van der Waals surface area (Å²) in [5.41, 5.74) is 3.89. The molecular weight excluding hydrogens is 400 g/mol. The van der Waals surface area contributed by atoms with Crippen molar-refractivity contribution in [1.29, 1.82) is 0 Å². The third kappa shape index (κ3) is 5.61. The van der Waals surface area contributed by atoms with Crippen LogP contribution in [0.15, 0.2) is 66.7 Å². The van der Waals surface area contributed by atoms with Gasteiger partial charge in [-0.25, -0.2) is 0 Å². The number of rotatable bonds is 6. The van der Waals surface area contributed by atoms with Gasteiger partial charge in [0.1, 0.15) is 5.75 Å². The van der Waals surface area contributed by atoms with Gasteiger partial charge in [0.2, 0.25) is 0 Å². The molecule has 154 valence electrons. The largest absolute Gasteiger partial charge is 0.481 e. The van der Waals surface area contributed by atoms with Crippen molar-refractivity contribution in [2.24, 2.45) is 0 Å². The second kappa shape index (κ2) is 9.46. The molecular formula is C24H23ClN2O3. The lowest BCUT2D eigenvalue weighted by Gasteiger charge is -2.15. The van der Waals surface area contributed by atoms with Gasteiger partial charge in [-0.05, 0) is 74.9 Å². The summed E-state index contributed by atoms with van der Waals surface area (Å²) in [4.78, 5) is 24.7. The minimum atomic E-state index is -0.725. The van der Waals surface area contributed by atoms with E-state index in [2.05, 4.69) is 10.6 Å². The van der Waals surface area contributed by atoms with E-state index in [9.17, 15) is 9.59 Å². The van der Waals surface area contributed by atoms with Crippen LogP contribution in [0.4, 0.5) is 11.4 Å². The van der Waals surface area contributed by atoms with Crippen LogP contribution in [0.25, 0.3) is 0 Å². The lowest BCUT2D eigenvalue weighted by atomic mass is 10.2. The summed E-state index contributed by atoms with van der Waals surface area (Å²) in [7, 11) is 0. The Hall–Kier alpha value is -3.31. The molecule has 0 aromatic heterocycles. The van der Waals surface area contributed by atoms with Crippen molar-refractivity contribution >= 4 is 34.8 Å². The van der Waals surface area contributed by atoms with Gasteiger partial charge in [0.15, 0.2) is 6.10 Å². The van der Waals surface area contributed by atoms with Gasteiger partial charge in [-0.3, -0.25) is 9.59 Å². The van der Waals surface area contributed by atoms with Crippen LogP contribution in [0.5, 0.6) is 5.75 Å². The molecule has 0 spiro atoms. The Morgan fingerprint density at radius 2 is 1.50 bits per heavy atom. The molecule has 0 saturated carbocycles. The molecule has 2 N–H and O–H groups in total. The second-order valence-electron chi connectivity index (χ2n) is 7.06. The average molecular weight is 423 g/mol. The van der Waals surface area contributed by atoms with Crippen LogP contribution in [0.3, 0.4) is 0 Å². The fourth-order valence-corrected chi connectivity index (χ4v) is 2.88. The molecule has 1 unspecified atom stereocenters. The number of amides is 2. The quantitative estimate of drug-likeness (QED) is 0.542. The van der Waals surface area contributed by atoms with Crippen molar-refractivity contribution in [1.82, 2.24) is 0 Å². The van der Waals surface area contributed by atoms with Crippen molar-refractivity contribution in [2.45, 2.75) is 26.9 Å². The van der Waals surface area contributed by atoms with E-state index < -0.39 is 6.10 Å². The molecule has 3 aromatic carbocycles. The normalized spacial score (nSPS) is 11.5. The number of carbonyl (C=O) groups is 2. The fraction of sp³-hybridized carbons (Fsp3) is 0.167. The topological polar surface area (TPSA) is 67.4 Å². The van der Waals surface area contributed by atoms with Gasteiger partial charge < -0.3 is 15.4 Å². The minimum absolute atomic E-state index is 0.215. The molecule has 0 saturated heterocycles. The Kier molecular flexibility index (Phi) is 6.75. The number of hydrogen-bond acceptors (Lipinski definition) is 3. The van der Waals surface area contributed by atoms with Crippen molar-refractivity contribution in [3.05, 3.63) is 88.4 Å². The van der Waals surface area contributed by atoms with E-state index in [1.54, 1.807) is 43.3 Å². The number of hydrogen-bond donors (Lipinski definition) is 2. The first-order valence-corrected chi connectivity index (χ1v) is 9.91. The maximum absolute atomic E-state index is 12.4. The summed E-state index contributed by atoms with van der Waals surface area (Å²) < 4.78 is 5.69. The molecule has 0 aliphatic carbocycles. The lowest BCUT2D eigenvalue weighted by molar-refractivity contribution is -0.122. The predicted octanol–water partition coefficient (Wildman–Crippen LogP) is 5.62. The maximum atomic E-state index is 12.4. The molecule has 0 heterocycles. The van der Waals surface area contributed by atoms with Crippen molar-refractivity contribution in [3.63, 3.8) is 0 Å². The Morgan fingerprint density at radius 3 is 2.13 bits per heavy atom. The Balaban J connectivity index is 1.57. The van der Waals surface area contributed by atoms with Gasteiger partial charge in [-0.15, -0.1) is 0 Å². The van der Waals surface area contributed by atoms with Crippen molar-refractivity contribution in [2.75, 3.05) is 10.6 Å². The maximum Gasteiger partial charge on any atom is 0.265 e. The van der Waals surface area contributed by atoms with Crippen LogP contribution >= 0.6 is 11.6 Å². The lowest BCUT2D eigenvalue weighted by Crippen LogP contribution is -2.30. The van der Waals surface area contributed by atoms with Gasteiger partial charge in [-0.2, -0.15) is 0 Å².